The highest BCUT2D eigenvalue weighted by molar-refractivity contribution is 9.10. The number of esters is 1. The maximum absolute atomic E-state index is 11.8. The van der Waals surface area contributed by atoms with Crippen LogP contribution in [-0.2, 0) is 33.9 Å². The zero-order chi connectivity index (χ0) is 22.0. The van der Waals surface area contributed by atoms with Crippen molar-refractivity contribution in [3.05, 3.63) is 67.5 Å². The molecule has 0 radical (unpaired) electrons. The van der Waals surface area contributed by atoms with Gasteiger partial charge in [-0.1, -0.05) is 15.9 Å². The molecule has 0 N–H and O–H groups in total. The van der Waals surface area contributed by atoms with Crippen molar-refractivity contribution in [1.82, 2.24) is 0 Å². The molecule has 4 rings (SSSR count). The fourth-order valence-electron chi connectivity index (χ4n) is 3.58. The minimum atomic E-state index is -0.423. The molecule has 8 heteroatoms. The van der Waals surface area contributed by atoms with Crippen LogP contribution in [0.15, 0.2) is 44.0 Å². The Bertz CT molecular complexity index is 1200. The van der Waals surface area contributed by atoms with Crippen LogP contribution in [-0.4, -0.2) is 19.9 Å². The highest BCUT2D eigenvalue weighted by atomic mass is 79.9. The van der Waals surface area contributed by atoms with Gasteiger partial charge < -0.3 is 23.4 Å². The van der Waals surface area contributed by atoms with Crippen molar-refractivity contribution >= 4 is 32.9 Å². The first-order valence-electron chi connectivity index (χ1n) is 9.73. The Morgan fingerprint density at radius 3 is 2.81 bits per heavy atom. The van der Waals surface area contributed by atoms with Crippen molar-refractivity contribution in [2.75, 3.05) is 13.9 Å². The van der Waals surface area contributed by atoms with Gasteiger partial charge in [-0.2, -0.15) is 0 Å². The number of hydrogen-bond donors (Lipinski definition) is 0. The zero-order valence-electron chi connectivity index (χ0n) is 17.2. The summed E-state index contributed by atoms with van der Waals surface area (Å²) in [6.07, 6.45) is 0.637. The summed E-state index contributed by atoms with van der Waals surface area (Å²) in [7, 11) is 1.36. The predicted molar refractivity (Wildman–Crippen MR) is 116 cm³/mol. The number of benzene rings is 2. The van der Waals surface area contributed by atoms with E-state index in [1.807, 2.05) is 25.1 Å². The van der Waals surface area contributed by atoms with E-state index in [0.717, 1.165) is 37.9 Å². The van der Waals surface area contributed by atoms with E-state index in [2.05, 4.69) is 15.9 Å². The average molecular weight is 489 g/mol. The van der Waals surface area contributed by atoms with E-state index in [1.54, 1.807) is 6.07 Å². The van der Waals surface area contributed by atoms with Crippen molar-refractivity contribution in [2.45, 2.75) is 33.0 Å². The van der Waals surface area contributed by atoms with Gasteiger partial charge in [0, 0.05) is 39.5 Å². The molecule has 0 unspecified atom stereocenters. The summed E-state index contributed by atoms with van der Waals surface area (Å²) < 4.78 is 28.2. The van der Waals surface area contributed by atoms with Gasteiger partial charge in [-0.05, 0) is 42.7 Å². The topological polar surface area (TPSA) is 84.2 Å². The van der Waals surface area contributed by atoms with Crippen molar-refractivity contribution in [1.29, 1.82) is 0 Å². The van der Waals surface area contributed by atoms with Crippen LogP contribution in [0, 0.1) is 6.92 Å². The van der Waals surface area contributed by atoms with Gasteiger partial charge >= 0.3 is 11.6 Å². The molecule has 0 amide bonds. The zero-order valence-corrected chi connectivity index (χ0v) is 18.7. The summed E-state index contributed by atoms with van der Waals surface area (Å²) in [4.78, 5) is 23.5. The summed E-state index contributed by atoms with van der Waals surface area (Å²) in [6, 6.07) is 8.92. The molecule has 1 aliphatic heterocycles. The minimum Gasteiger partial charge on any atom is -0.488 e. The summed E-state index contributed by atoms with van der Waals surface area (Å²) >= 11 is 3.51. The van der Waals surface area contributed by atoms with Gasteiger partial charge in [0.1, 0.15) is 23.7 Å². The molecular formula is C23H21BrO7. The lowest BCUT2D eigenvalue weighted by Crippen LogP contribution is -2.14. The van der Waals surface area contributed by atoms with Crippen molar-refractivity contribution in [2.24, 2.45) is 0 Å². The molecule has 0 saturated carbocycles. The molecule has 0 atom stereocenters. The highest BCUT2D eigenvalue weighted by Crippen LogP contribution is 2.34. The normalized spacial score (nSPS) is 12.9. The van der Waals surface area contributed by atoms with Gasteiger partial charge in [0.2, 0.25) is 0 Å². The first kappa shape index (κ1) is 21.4. The molecule has 1 aliphatic rings. The fraction of sp³-hybridized carbons (Fsp3) is 0.304. The lowest BCUT2D eigenvalue weighted by molar-refractivity contribution is -0.140. The molecule has 0 spiro atoms. The Hall–Kier alpha value is -2.84. The summed E-state index contributed by atoms with van der Waals surface area (Å²) in [5.74, 6) is 0.969. The fourth-order valence-corrected chi connectivity index (χ4v) is 4.13. The van der Waals surface area contributed by atoms with Crippen LogP contribution in [0.5, 0.6) is 11.5 Å². The first-order chi connectivity index (χ1) is 14.9. The number of rotatable bonds is 6. The predicted octanol–water partition coefficient (Wildman–Crippen LogP) is 4.42. The third kappa shape index (κ3) is 4.75. The Labute approximate surface area is 187 Å². The molecule has 2 aromatic carbocycles. The molecular weight excluding hydrogens is 468 g/mol. The number of carbonyl (C=O) groups is 1. The molecule has 0 aliphatic carbocycles. The van der Waals surface area contributed by atoms with Crippen molar-refractivity contribution in [3.8, 4) is 11.5 Å². The van der Waals surface area contributed by atoms with E-state index >= 15 is 0 Å². The molecule has 0 bridgehead atoms. The molecule has 0 saturated heterocycles. The summed E-state index contributed by atoms with van der Waals surface area (Å²) in [5, 5.41) is 0.798. The standard InChI is InChI=1S/C23H21BrO7/c1-13-5-22(26)31-20-9-19(14(8-18(13)20)3-4-21(25)27-2)29-11-16-7-17(24)6-15-10-28-12-30-23(15)16/h5-9H,3-4,10-12H2,1-2H3. The number of halogens is 1. The Morgan fingerprint density at radius 1 is 1.16 bits per heavy atom. The van der Waals surface area contributed by atoms with Gasteiger partial charge in [0.25, 0.3) is 0 Å². The Kier molecular flexibility index (Phi) is 6.29. The average Bonchev–Trinajstić information content (AvgIpc) is 2.75. The van der Waals surface area contributed by atoms with Crippen molar-refractivity contribution in [3.63, 3.8) is 0 Å². The maximum atomic E-state index is 11.8. The van der Waals surface area contributed by atoms with Gasteiger partial charge in [-0.15, -0.1) is 0 Å². The minimum absolute atomic E-state index is 0.187. The number of aryl methyl sites for hydroxylation is 2. The third-order valence-electron chi connectivity index (χ3n) is 5.09. The lowest BCUT2D eigenvalue weighted by atomic mass is 10.0. The summed E-state index contributed by atoms with van der Waals surface area (Å²) in [6.45, 7) is 2.73. The van der Waals surface area contributed by atoms with Crippen LogP contribution in [0.25, 0.3) is 11.0 Å². The van der Waals surface area contributed by atoms with E-state index in [4.69, 9.17) is 23.4 Å². The number of carbonyl (C=O) groups excluding carboxylic acids is 1. The Balaban J connectivity index is 1.69. The number of fused-ring (bicyclic) bond motifs is 2. The van der Waals surface area contributed by atoms with E-state index in [0.29, 0.717) is 24.4 Å². The van der Waals surface area contributed by atoms with E-state index < -0.39 is 5.63 Å². The lowest BCUT2D eigenvalue weighted by Gasteiger charge is -2.21. The van der Waals surface area contributed by atoms with Gasteiger partial charge in [-0.25, -0.2) is 4.79 Å². The van der Waals surface area contributed by atoms with Gasteiger partial charge in [0.05, 0.1) is 13.7 Å². The van der Waals surface area contributed by atoms with E-state index in [9.17, 15) is 9.59 Å². The molecule has 162 valence electrons. The van der Waals surface area contributed by atoms with Gasteiger partial charge in [0.15, 0.2) is 6.79 Å². The van der Waals surface area contributed by atoms with E-state index in [1.165, 1.54) is 13.2 Å². The van der Waals surface area contributed by atoms with Crippen molar-refractivity contribution < 1.29 is 28.2 Å². The number of ether oxygens (including phenoxy) is 4. The number of hydrogen-bond acceptors (Lipinski definition) is 7. The molecule has 1 aromatic heterocycles. The molecule has 2 heterocycles. The van der Waals surface area contributed by atoms with Crippen LogP contribution < -0.4 is 15.1 Å². The van der Waals surface area contributed by atoms with Crippen LogP contribution in [0.2, 0.25) is 0 Å². The van der Waals surface area contributed by atoms with Crippen LogP contribution in [0.4, 0.5) is 0 Å². The van der Waals surface area contributed by atoms with Gasteiger partial charge in [-0.3, -0.25) is 4.79 Å². The molecule has 3 aromatic rings. The second-order valence-electron chi connectivity index (χ2n) is 7.23. The molecule has 0 fully saturated rings. The van der Waals surface area contributed by atoms with Crippen LogP contribution in [0.1, 0.15) is 28.7 Å². The Morgan fingerprint density at radius 2 is 2.00 bits per heavy atom. The maximum Gasteiger partial charge on any atom is 0.336 e. The molecule has 31 heavy (non-hydrogen) atoms. The largest absolute Gasteiger partial charge is 0.488 e. The second-order valence-corrected chi connectivity index (χ2v) is 8.15. The summed E-state index contributed by atoms with van der Waals surface area (Å²) in [5.41, 5.74) is 3.42. The van der Waals surface area contributed by atoms with E-state index in [-0.39, 0.29) is 25.8 Å². The monoisotopic (exact) mass is 488 g/mol. The first-order valence-corrected chi connectivity index (χ1v) is 10.5. The number of methoxy groups -OCH3 is 1. The highest BCUT2D eigenvalue weighted by Gasteiger charge is 2.18. The molecule has 7 nitrogen and oxygen atoms in total. The third-order valence-corrected chi connectivity index (χ3v) is 5.55. The van der Waals surface area contributed by atoms with Crippen LogP contribution >= 0.6 is 15.9 Å². The second kappa shape index (κ2) is 9.11. The quantitative estimate of drug-likeness (QED) is 0.375. The smallest absolute Gasteiger partial charge is 0.336 e. The SMILES string of the molecule is COC(=O)CCc1cc2c(C)cc(=O)oc2cc1OCc1cc(Br)cc2c1OCOC2. The van der Waals surface area contributed by atoms with Crippen LogP contribution in [0.3, 0.4) is 0 Å².